The molecule has 1 saturated heterocycles. The molecule has 0 unspecified atom stereocenters. The lowest BCUT2D eigenvalue weighted by Gasteiger charge is -2.29. The van der Waals surface area contributed by atoms with Gasteiger partial charge in [-0.1, -0.05) is 30.4 Å². The Hall–Kier alpha value is -2.35. The highest BCUT2D eigenvalue weighted by Crippen LogP contribution is 2.26. The third-order valence-electron chi connectivity index (χ3n) is 4.32. The lowest BCUT2D eigenvalue weighted by molar-refractivity contribution is 0.0682. The van der Waals surface area contributed by atoms with E-state index in [4.69, 9.17) is 0 Å². The number of hydrogen-bond acceptors (Lipinski definition) is 5. The first-order chi connectivity index (χ1) is 11.6. The first-order valence-corrected chi connectivity index (χ1v) is 8.71. The number of carbonyl (C=O) groups is 1. The number of piperidine rings is 1. The molecular formula is C16H16FN5OS. The zero-order valence-corrected chi connectivity index (χ0v) is 14.0. The van der Waals surface area contributed by atoms with Gasteiger partial charge in [-0.2, -0.15) is 9.61 Å². The van der Waals surface area contributed by atoms with E-state index in [0.717, 1.165) is 25.9 Å². The van der Waals surface area contributed by atoms with Gasteiger partial charge in [0.15, 0.2) is 0 Å². The van der Waals surface area contributed by atoms with E-state index in [-0.39, 0.29) is 17.5 Å². The Bertz CT molecular complexity index is 897. The molecule has 3 aromatic rings. The Balaban J connectivity index is 1.66. The van der Waals surface area contributed by atoms with Crippen molar-refractivity contribution in [3.8, 4) is 10.6 Å². The summed E-state index contributed by atoms with van der Waals surface area (Å²) in [7, 11) is 0. The monoisotopic (exact) mass is 345 g/mol. The molecule has 6 nitrogen and oxygen atoms in total. The van der Waals surface area contributed by atoms with E-state index in [1.54, 1.807) is 17.0 Å². The lowest BCUT2D eigenvalue weighted by atomic mass is 9.99. The molecule has 0 radical (unpaired) electrons. The minimum Gasteiger partial charge on any atom is -0.336 e. The summed E-state index contributed by atoms with van der Waals surface area (Å²) in [6.07, 6.45) is 2.00. The van der Waals surface area contributed by atoms with Crippen LogP contribution in [0.25, 0.3) is 15.5 Å². The molecule has 0 aliphatic carbocycles. The van der Waals surface area contributed by atoms with Gasteiger partial charge < -0.3 is 4.90 Å². The van der Waals surface area contributed by atoms with Gasteiger partial charge in [0.05, 0.1) is 0 Å². The summed E-state index contributed by atoms with van der Waals surface area (Å²) in [5.74, 6) is 0.396. The fourth-order valence-corrected chi connectivity index (χ4v) is 3.68. The van der Waals surface area contributed by atoms with E-state index in [9.17, 15) is 9.18 Å². The van der Waals surface area contributed by atoms with Gasteiger partial charge in [0.25, 0.3) is 5.91 Å². The quantitative estimate of drug-likeness (QED) is 0.716. The van der Waals surface area contributed by atoms with Crippen molar-refractivity contribution >= 4 is 22.2 Å². The maximum Gasteiger partial charge on any atom is 0.293 e. The standard InChI is InChI=1S/C16H16FN5OS/c1-10-5-7-21(8-6-10)15(23)13-18-19-16-22(13)20-14(24-16)11-3-2-4-12(17)9-11/h2-4,9-10H,5-8H2,1H3. The van der Waals surface area contributed by atoms with Crippen LogP contribution in [0.15, 0.2) is 24.3 Å². The van der Waals surface area contributed by atoms with Crippen molar-refractivity contribution in [2.75, 3.05) is 13.1 Å². The molecule has 1 amide bonds. The second-order valence-corrected chi connectivity index (χ2v) is 7.07. The molecule has 3 heterocycles. The Morgan fingerprint density at radius 3 is 2.83 bits per heavy atom. The minimum atomic E-state index is -0.322. The molecule has 1 fully saturated rings. The highest BCUT2D eigenvalue weighted by Gasteiger charge is 2.26. The molecule has 1 aliphatic heterocycles. The maximum atomic E-state index is 13.4. The van der Waals surface area contributed by atoms with Crippen LogP contribution in [0, 0.1) is 11.7 Å². The fourth-order valence-electron chi connectivity index (χ4n) is 2.84. The van der Waals surface area contributed by atoms with Crippen molar-refractivity contribution in [3.63, 3.8) is 0 Å². The fraction of sp³-hybridized carbons (Fsp3) is 0.375. The number of carbonyl (C=O) groups excluding carboxylic acids is 1. The smallest absolute Gasteiger partial charge is 0.293 e. The summed E-state index contributed by atoms with van der Waals surface area (Å²) in [6.45, 7) is 3.66. The average molecular weight is 345 g/mol. The summed E-state index contributed by atoms with van der Waals surface area (Å²) in [5.41, 5.74) is 0.663. The number of halogens is 1. The first-order valence-electron chi connectivity index (χ1n) is 7.89. The predicted octanol–water partition coefficient (Wildman–Crippen LogP) is 2.86. The predicted molar refractivity (Wildman–Crippen MR) is 88.4 cm³/mol. The summed E-state index contributed by atoms with van der Waals surface area (Å²) in [6, 6.07) is 6.21. The van der Waals surface area contributed by atoms with Crippen LogP contribution in [0.4, 0.5) is 4.39 Å². The number of amides is 1. The molecule has 2 aromatic heterocycles. The summed E-state index contributed by atoms with van der Waals surface area (Å²) >= 11 is 1.29. The molecule has 8 heteroatoms. The SMILES string of the molecule is CC1CCN(C(=O)c2nnc3sc(-c4cccc(F)c4)nn23)CC1. The van der Waals surface area contributed by atoms with Crippen molar-refractivity contribution in [3.05, 3.63) is 35.9 Å². The lowest BCUT2D eigenvalue weighted by Crippen LogP contribution is -2.38. The third-order valence-corrected chi connectivity index (χ3v) is 5.27. The van der Waals surface area contributed by atoms with E-state index in [1.165, 1.54) is 28.0 Å². The summed E-state index contributed by atoms with van der Waals surface area (Å²) in [4.78, 5) is 15.0. The van der Waals surface area contributed by atoms with Gasteiger partial charge >= 0.3 is 0 Å². The highest BCUT2D eigenvalue weighted by molar-refractivity contribution is 7.19. The van der Waals surface area contributed by atoms with E-state index < -0.39 is 0 Å². The number of benzene rings is 1. The van der Waals surface area contributed by atoms with Gasteiger partial charge in [-0.15, -0.1) is 10.2 Å². The number of hydrogen-bond donors (Lipinski definition) is 0. The first kappa shape index (κ1) is 15.2. The van der Waals surface area contributed by atoms with E-state index in [2.05, 4.69) is 22.2 Å². The number of rotatable bonds is 2. The molecule has 1 aromatic carbocycles. The van der Waals surface area contributed by atoms with Crippen LogP contribution in [-0.4, -0.2) is 43.7 Å². The van der Waals surface area contributed by atoms with Gasteiger partial charge in [-0.05, 0) is 30.9 Å². The molecule has 0 saturated carbocycles. The topological polar surface area (TPSA) is 63.4 Å². The molecule has 4 rings (SSSR count). The Labute approximate surface area is 141 Å². The van der Waals surface area contributed by atoms with Crippen molar-refractivity contribution in [2.24, 2.45) is 5.92 Å². The number of aromatic nitrogens is 4. The molecule has 0 atom stereocenters. The zero-order valence-electron chi connectivity index (χ0n) is 13.1. The van der Waals surface area contributed by atoms with Crippen LogP contribution in [0.3, 0.4) is 0 Å². The van der Waals surface area contributed by atoms with Gasteiger partial charge in [0.2, 0.25) is 10.8 Å². The highest BCUT2D eigenvalue weighted by atomic mass is 32.1. The Morgan fingerprint density at radius 1 is 1.29 bits per heavy atom. The van der Waals surface area contributed by atoms with Crippen LogP contribution < -0.4 is 0 Å². The summed E-state index contributed by atoms with van der Waals surface area (Å²) in [5, 5.41) is 13.1. The average Bonchev–Trinajstić information content (AvgIpc) is 3.15. The molecule has 124 valence electrons. The van der Waals surface area contributed by atoms with Crippen LogP contribution in [-0.2, 0) is 0 Å². The van der Waals surface area contributed by atoms with Gasteiger partial charge in [-0.25, -0.2) is 4.39 Å². The van der Waals surface area contributed by atoms with Crippen LogP contribution in [0.1, 0.15) is 30.4 Å². The summed E-state index contributed by atoms with van der Waals surface area (Å²) < 4.78 is 14.9. The van der Waals surface area contributed by atoms with E-state index >= 15 is 0 Å². The number of nitrogens with zero attached hydrogens (tertiary/aromatic N) is 5. The van der Waals surface area contributed by atoms with E-state index in [0.29, 0.717) is 21.4 Å². The van der Waals surface area contributed by atoms with Gasteiger partial charge in [0.1, 0.15) is 10.8 Å². The molecule has 0 spiro atoms. The number of fused-ring (bicyclic) bond motifs is 1. The van der Waals surface area contributed by atoms with Gasteiger partial charge in [-0.3, -0.25) is 4.79 Å². The third kappa shape index (κ3) is 2.66. The largest absolute Gasteiger partial charge is 0.336 e. The normalized spacial score (nSPS) is 16.0. The van der Waals surface area contributed by atoms with Crippen LogP contribution >= 0.6 is 11.3 Å². The van der Waals surface area contributed by atoms with Crippen molar-refractivity contribution in [1.82, 2.24) is 24.7 Å². The second kappa shape index (κ2) is 5.94. The van der Waals surface area contributed by atoms with Crippen LogP contribution in [0.2, 0.25) is 0 Å². The molecule has 1 aliphatic rings. The zero-order chi connectivity index (χ0) is 16.7. The van der Waals surface area contributed by atoms with Crippen LogP contribution in [0.5, 0.6) is 0 Å². The molecule has 0 bridgehead atoms. The van der Waals surface area contributed by atoms with Crippen molar-refractivity contribution in [1.29, 1.82) is 0 Å². The maximum absolute atomic E-state index is 13.4. The second-order valence-electron chi connectivity index (χ2n) is 6.11. The van der Waals surface area contributed by atoms with Crippen molar-refractivity contribution in [2.45, 2.75) is 19.8 Å². The Morgan fingerprint density at radius 2 is 2.08 bits per heavy atom. The Kier molecular flexibility index (Phi) is 3.76. The molecule has 24 heavy (non-hydrogen) atoms. The molecule has 0 N–H and O–H groups in total. The molecular weight excluding hydrogens is 329 g/mol. The number of likely N-dealkylation sites (tertiary alicyclic amines) is 1. The van der Waals surface area contributed by atoms with Gasteiger partial charge in [0, 0.05) is 18.7 Å². The van der Waals surface area contributed by atoms with Crippen molar-refractivity contribution < 1.29 is 9.18 Å². The van der Waals surface area contributed by atoms with E-state index in [1.807, 2.05) is 0 Å². The minimum absolute atomic E-state index is 0.148.